The zero-order valence-corrected chi connectivity index (χ0v) is 10.2. The van der Waals surface area contributed by atoms with Crippen LogP contribution in [0.25, 0.3) is 11.0 Å². The Morgan fingerprint density at radius 1 is 1.13 bits per heavy atom. The largest absolute Gasteiger partial charge is 0.463 e. The molecule has 1 heterocycles. The first-order chi connectivity index (χ1) is 6.89. The summed E-state index contributed by atoms with van der Waals surface area (Å²) in [6, 6.07) is 3.01. The van der Waals surface area contributed by atoms with Crippen molar-refractivity contribution in [3.8, 4) is 0 Å². The molecule has 0 aliphatic heterocycles. The van der Waals surface area contributed by atoms with E-state index in [-0.39, 0.29) is 11.0 Å². The Bertz CT molecular complexity index is 516. The van der Waals surface area contributed by atoms with Crippen LogP contribution in [0.1, 0.15) is 5.56 Å². The van der Waals surface area contributed by atoms with Gasteiger partial charge in [0.2, 0.25) is 0 Å². The van der Waals surface area contributed by atoms with E-state index in [0.717, 1.165) is 6.26 Å². The van der Waals surface area contributed by atoms with Crippen LogP contribution < -0.4 is 0 Å². The molecule has 80 valence electrons. The first-order valence-corrected chi connectivity index (χ1v) is 5.41. The van der Waals surface area contributed by atoms with Crippen LogP contribution in [0.15, 0.2) is 31.8 Å². The second-order valence-corrected chi connectivity index (χ2v) is 4.68. The highest BCUT2D eigenvalue weighted by molar-refractivity contribution is 9.11. The molecule has 1 aromatic heterocycles. The van der Waals surface area contributed by atoms with E-state index in [4.69, 9.17) is 4.42 Å². The molecule has 15 heavy (non-hydrogen) atoms. The number of rotatable bonds is 0. The third kappa shape index (κ3) is 1.92. The zero-order valence-electron chi connectivity index (χ0n) is 7.03. The zero-order chi connectivity index (χ0) is 11.2. The minimum absolute atomic E-state index is 0.0451. The summed E-state index contributed by atoms with van der Waals surface area (Å²) in [6.45, 7) is 0. The van der Waals surface area contributed by atoms with Crippen molar-refractivity contribution in [3.63, 3.8) is 0 Å². The highest BCUT2D eigenvalue weighted by atomic mass is 79.9. The van der Waals surface area contributed by atoms with Gasteiger partial charge < -0.3 is 4.42 Å². The summed E-state index contributed by atoms with van der Waals surface area (Å²) in [4.78, 5) is 0. The second kappa shape index (κ2) is 3.52. The summed E-state index contributed by atoms with van der Waals surface area (Å²) in [5.41, 5.74) is -0.565. The maximum absolute atomic E-state index is 12.5. The maximum Gasteiger partial charge on any atom is 0.420 e. The van der Waals surface area contributed by atoms with Crippen molar-refractivity contribution in [2.45, 2.75) is 6.18 Å². The topological polar surface area (TPSA) is 13.1 Å². The van der Waals surface area contributed by atoms with E-state index in [1.54, 1.807) is 6.07 Å². The van der Waals surface area contributed by atoms with Crippen LogP contribution in [0.4, 0.5) is 13.2 Å². The van der Waals surface area contributed by atoms with Crippen molar-refractivity contribution in [1.29, 1.82) is 0 Å². The second-order valence-electron chi connectivity index (χ2n) is 2.91. The highest BCUT2D eigenvalue weighted by Crippen LogP contribution is 2.39. The molecular weight excluding hydrogens is 341 g/mol. The first-order valence-electron chi connectivity index (χ1n) is 3.83. The third-order valence-corrected chi connectivity index (χ3v) is 2.95. The Labute approximate surface area is 99.5 Å². The summed E-state index contributed by atoms with van der Waals surface area (Å²) in [5, 5.41) is 0.0451. The Kier molecular flexibility index (Phi) is 2.58. The number of hydrogen-bond donors (Lipinski definition) is 0. The summed E-state index contributed by atoms with van der Waals surface area (Å²) >= 11 is 6.27. The lowest BCUT2D eigenvalue weighted by Gasteiger charge is -2.03. The smallest absolute Gasteiger partial charge is 0.420 e. The van der Waals surface area contributed by atoms with Gasteiger partial charge in [-0.25, -0.2) is 0 Å². The monoisotopic (exact) mass is 342 g/mol. The Morgan fingerprint density at radius 2 is 1.80 bits per heavy atom. The van der Waals surface area contributed by atoms with E-state index in [1.807, 2.05) is 0 Å². The van der Waals surface area contributed by atoms with Crippen LogP contribution in [-0.4, -0.2) is 0 Å². The van der Waals surface area contributed by atoms with Crippen molar-refractivity contribution < 1.29 is 17.6 Å². The van der Waals surface area contributed by atoms with E-state index >= 15 is 0 Å². The van der Waals surface area contributed by atoms with Crippen LogP contribution >= 0.6 is 31.9 Å². The quantitative estimate of drug-likeness (QED) is 0.657. The van der Waals surface area contributed by atoms with Crippen molar-refractivity contribution in [3.05, 3.63) is 32.9 Å². The van der Waals surface area contributed by atoms with Crippen LogP contribution in [0, 0.1) is 0 Å². The summed E-state index contributed by atoms with van der Waals surface area (Å²) in [7, 11) is 0. The number of halogens is 5. The van der Waals surface area contributed by atoms with Crippen molar-refractivity contribution >= 4 is 42.8 Å². The molecule has 2 aromatic rings. The SMILES string of the molecule is FC(F)(F)c1coc2c(Br)cc(Br)cc12. The van der Waals surface area contributed by atoms with E-state index in [2.05, 4.69) is 31.9 Å². The van der Waals surface area contributed by atoms with E-state index in [0.29, 0.717) is 8.95 Å². The number of furan rings is 1. The van der Waals surface area contributed by atoms with Gasteiger partial charge in [0.1, 0.15) is 17.4 Å². The predicted octanol–water partition coefficient (Wildman–Crippen LogP) is 4.98. The fourth-order valence-electron chi connectivity index (χ4n) is 1.28. The summed E-state index contributed by atoms with van der Waals surface area (Å²) in [5.74, 6) is 0. The van der Waals surface area contributed by atoms with Gasteiger partial charge in [-0.05, 0) is 28.1 Å². The first kappa shape index (κ1) is 11.0. The van der Waals surface area contributed by atoms with E-state index < -0.39 is 11.7 Å². The lowest BCUT2D eigenvalue weighted by atomic mass is 10.2. The molecule has 0 saturated heterocycles. The van der Waals surface area contributed by atoms with Gasteiger partial charge in [-0.15, -0.1) is 0 Å². The maximum atomic E-state index is 12.5. The van der Waals surface area contributed by atoms with Crippen LogP contribution in [0.2, 0.25) is 0 Å². The van der Waals surface area contributed by atoms with Gasteiger partial charge >= 0.3 is 6.18 Å². The normalized spacial score (nSPS) is 12.3. The Morgan fingerprint density at radius 3 is 2.40 bits per heavy atom. The minimum atomic E-state index is -4.40. The molecule has 0 aliphatic carbocycles. The minimum Gasteiger partial charge on any atom is -0.463 e. The highest BCUT2D eigenvalue weighted by Gasteiger charge is 2.35. The van der Waals surface area contributed by atoms with Gasteiger partial charge in [0, 0.05) is 9.86 Å². The van der Waals surface area contributed by atoms with Crippen LogP contribution in [0.5, 0.6) is 0 Å². The van der Waals surface area contributed by atoms with Gasteiger partial charge in [0.05, 0.1) is 4.47 Å². The molecule has 0 aliphatic rings. The van der Waals surface area contributed by atoms with E-state index in [1.165, 1.54) is 6.07 Å². The number of alkyl halides is 3. The average molecular weight is 344 g/mol. The van der Waals surface area contributed by atoms with Gasteiger partial charge in [0.25, 0.3) is 0 Å². The molecule has 2 rings (SSSR count). The molecule has 1 nitrogen and oxygen atoms in total. The molecular formula is C9H3Br2F3O. The molecule has 0 bridgehead atoms. The number of hydrogen-bond acceptors (Lipinski definition) is 1. The van der Waals surface area contributed by atoms with Crippen molar-refractivity contribution in [1.82, 2.24) is 0 Å². The van der Waals surface area contributed by atoms with Gasteiger partial charge in [0.15, 0.2) is 0 Å². The molecule has 1 aromatic carbocycles. The molecule has 0 atom stereocenters. The van der Waals surface area contributed by atoms with Crippen LogP contribution in [0.3, 0.4) is 0 Å². The lowest BCUT2D eigenvalue weighted by molar-refractivity contribution is -0.136. The van der Waals surface area contributed by atoms with Gasteiger partial charge in [-0.2, -0.15) is 13.2 Å². The summed E-state index contributed by atoms with van der Waals surface area (Å²) < 4.78 is 43.5. The molecule has 0 spiro atoms. The molecule has 6 heteroatoms. The number of fused-ring (bicyclic) bond motifs is 1. The third-order valence-electron chi connectivity index (χ3n) is 1.90. The summed E-state index contributed by atoms with van der Waals surface area (Å²) in [6.07, 6.45) is -3.67. The van der Waals surface area contributed by atoms with Crippen LogP contribution in [-0.2, 0) is 6.18 Å². The predicted molar refractivity (Wildman–Crippen MR) is 56.6 cm³/mol. The van der Waals surface area contributed by atoms with Crippen molar-refractivity contribution in [2.24, 2.45) is 0 Å². The average Bonchev–Trinajstić information content (AvgIpc) is 2.45. The molecule has 0 unspecified atom stereocenters. The lowest BCUT2D eigenvalue weighted by Crippen LogP contribution is -2.03. The molecule has 0 radical (unpaired) electrons. The Hall–Kier alpha value is -0.490. The number of benzene rings is 1. The molecule has 0 saturated carbocycles. The van der Waals surface area contributed by atoms with Gasteiger partial charge in [-0.1, -0.05) is 15.9 Å². The molecule has 0 amide bonds. The van der Waals surface area contributed by atoms with Crippen molar-refractivity contribution in [2.75, 3.05) is 0 Å². The Balaban J connectivity index is 2.80. The molecule has 0 fully saturated rings. The fraction of sp³-hybridized carbons (Fsp3) is 0.111. The fourth-order valence-corrected chi connectivity index (χ4v) is 2.60. The molecule has 0 N–H and O–H groups in total. The van der Waals surface area contributed by atoms with E-state index in [9.17, 15) is 13.2 Å². The standard InChI is InChI=1S/C9H3Br2F3O/c10-4-1-5-6(9(12,13)14)3-15-8(5)7(11)2-4/h1-3H. The van der Waals surface area contributed by atoms with Gasteiger partial charge in [-0.3, -0.25) is 0 Å².